The highest BCUT2D eigenvalue weighted by molar-refractivity contribution is 6.39. The average Bonchev–Trinajstić information content (AvgIpc) is 2.75. The molecule has 154 valence electrons. The number of Topliss-reactive ketones (excluding diaryl/α,β-unsaturated/α-hetero) is 1. The molecule has 2 aromatic heterocycles. The Kier molecular flexibility index (Phi) is 6.57. The van der Waals surface area contributed by atoms with Crippen LogP contribution in [0.3, 0.4) is 0 Å². The zero-order valence-electron chi connectivity index (χ0n) is 16.2. The van der Waals surface area contributed by atoms with Gasteiger partial charge in [-0.1, -0.05) is 29.3 Å². The van der Waals surface area contributed by atoms with Gasteiger partial charge in [0.2, 0.25) is 0 Å². The van der Waals surface area contributed by atoms with Crippen molar-refractivity contribution in [1.82, 2.24) is 15.0 Å². The van der Waals surface area contributed by atoms with Crippen LogP contribution < -0.4 is 4.90 Å². The van der Waals surface area contributed by atoms with E-state index in [2.05, 4.69) is 14.9 Å². The van der Waals surface area contributed by atoms with Crippen LogP contribution in [0.15, 0.2) is 48.9 Å². The third-order valence-corrected chi connectivity index (χ3v) is 5.49. The van der Waals surface area contributed by atoms with Crippen molar-refractivity contribution in [2.75, 3.05) is 31.2 Å². The molecule has 0 N–H and O–H groups in total. The summed E-state index contributed by atoms with van der Waals surface area (Å²) in [5.74, 6) is 0.715. The fraction of sp³-hybridized carbons (Fsp3) is 0.273. The van der Waals surface area contributed by atoms with Gasteiger partial charge >= 0.3 is 0 Å². The summed E-state index contributed by atoms with van der Waals surface area (Å²) in [5, 5.41) is 0.717. The van der Waals surface area contributed by atoms with Gasteiger partial charge in [0.15, 0.2) is 5.78 Å². The molecule has 3 heterocycles. The molecule has 1 aliphatic rings. The molecular formula is C22H20Cl2N4O2. The van der Waals surface area contributed by atoms with Gasteiger partial charge in [0.05, 0.1) is 40.7 Å². The second kappa shape index (κ2) is 9.51. The maximum absolute atomic E-state index is 12.7. The minimum atomic E-state index is -0.128. The van der Waals surface area contributed by atoms with E-state index in [-0.39, 0.29) is 12.2 Å². The number of hydrogen-bond donors (Lipinski definition) is 0. The van der Waals surface area contributed by atoms with E-state index in [1.54, 1.807) is 36.8 Å². The van der Waals surface area contributed by atoms with E-state index < -0.39 is 0 Å². The first-order valence-electron chi connectivity index (χ1n) is 9.65. The molecule has 0 aliphatic carbocycles. The van der Waals surface area contributed by atoms with Crippen molar-refractivity contribution in [3.05, 3.63) is 81.5 Å². The summed E-state index contributed by atoms with van der Waals surface area (Å²) < 4.78 is 5.39. The molecule has 1 aromatic carbocycles. The van der Waals surface area contributed by atoms with Crippen molar-refractivity contribution in [2.24, 2.45) is 0 Å². The van der Waals surface area contributed by atoms with Crippen LogP contribution in [-0.4, -0.2) is 47.0 Å². The Hall–Kier alpha value is -2.54. The normalized spacial score (nSPS) is 14.0. The standard InChI is InChI=1S/C22H20Cl2N4O2/c23-18-2-1-3-19(24)22(18)20(29)11-15-4-5-26-16(10-15)12-17-13-25-14-21(27-17)28-6-8-30-9-7-28/h1-5,10,13-14H,6-9,11-12H2. The fourth-order valence-corrected chi connectivity index (χ4v) is 3.99. The van der Waals surface area contributed by atoms with Crippen LogP contribution in [0.2, 0.25) is 10.0 Å². The van der Waals surface area contributed by atoms with Gasteiger partial charge in [0, 0.05) is 44.0 Å². The number of anilines is 1. The summed E-state index contributed by atoms with van der Waals surface area (Å²) >= 11 is 12.3. The van der Waals surface area contributed by atoms with Gasteiger partial charge in [-0.15, -0.1) is 0 Å². The zero-order valence-corrected chi connectivity index (χ0v) is 17.7. The lowest BCUT2D eigenvalue weighted by Gasteiger charge is -2.27. The summed E-state index contributed by atoms with van der Waals surface area (Å²) in [4.78, 5) is 28.4. The number of aromatic nitrogens is 3. The van der Waals surface area contributed by atoms with Crippen LogP contribution >= 0.6 is 23.2 Å². The van der Waals surface area contributed by atoms with Crippen LogP contribution in [-0.2, 0) is 17.6 Å². The van der Waals surface area contributed by atoms with Gasteiger partial charge in [-0.3, -0.25) is 14.8 Å². The molecule has 3 aromatic rings. The number of ketones is 1. The number of pyridine rings is 1. The molecule has 8 heteroatoms. The van der Waals surface area contributed by atoms with E-state index in [0.29, 0.717) is 35.2 Å². The summed E-state index contributed by atoms with van der Waals surface area (Å²) in [6.45, 7) is 3.00. The summed E-state index contributed by atoms with van der Waals surface area (Å²) in [7, 11) is 0. The second-order valence-corrected chi connectivity index (χ2v) is 7.81. The third kappa shape index (κ3) is 4.95. The number of nitrogens with zero attached hydrogens (tertiary/aromatic N) is 4. The van der Waals surface area contributed by atoms with Crippen molar-refractivity contribution < 1.29 is 9.53 Å². The third-order valence-electron chi connectivity index (χ3n) is 4.86. The maximum Gasteiger partial charge on any atom is 0.170 e. The van der Waals surface area contributed by atoms with Gasteiger partial charge in [0.1, 0.15) is 5.82 Å². The minimum absolute atomic E-state index is 0.128. The molecule has 0 radical (unpaired) electrons. The van der Waals surface area contributed by atoms with E-state index in [0.717, 1.165) is 35.9 Å². The van der Waals surface area contributed by atoms with Gasteiger partial charge in [-0.25, -0.2) is 4.98 Å². The largest absolute Gasteiger partial charge is 0.378 e. The van der Waals surface area contributed by atoms with E-state index in [4.69, 9.17) is 32.9 Å². The molecule has 1 aliphatic heterocycles. The first-order chi connectivity index (χ1) is 14.6. The molecule has 0 bridgehead atoms. The van der Waals surface area contributed by atoms with E-state index in [9.17, 15) is 4.79 Å². The molecule has 0 spiro atoms. The number of ether oxygens (including phenoxy) is 1. The summed E-state index contributed by atoms with van der Waals surface area (Å²) in [6, 6.07) is 8.78. The molecule has 1 saturated heterocycles. The Morgan fingerprint density at radius 1 is 1.07 bits per heavy atom. The predicted octanol–water partition coefficient (Wildman–Crippen LogP) is 4.03. The lowest BCUT2D eigenvalue weighted by atomic mass is 10.0. The maximum atomic E-state index is 12.7. The first kappa shape index (κ1) is 20.7. The van der Waals surface area contributed by atoms with E-state index in [1.165, 1.54) is 0 Å². The predicted molar refractivity (Wildman–Crippen MR) is 117 cm³/mol. The van der Waals surface area contributed by atoms with E-state index in [1.807, 2.05) is 12.1 Å². The molecule has 0 saturated carbocycles. The SMILES string of the molecule is O=C(Cc1ccnc(Cc2cncc(N3CCOCC3)n2)c1)c1c(Cl)cccc1Cl. The first-order valence-corrected chi connectivity index (χ1v) is 10.4. The van der Waals surface area contributed by atoms with Gasteiger partial charge < -0.3 is 9.64 Å². The second-order valence-electron chi connectivity index (χ2n) is 7.00. The van der Waals surface area contributed by atoms with Crippen molar-refractivity contribution in [3.63, 3.8) is 0 Å². The average molecular weight is 443 g/mol. The van der Waals surface area contributed by atoms with Crippen molar-refractivity contribution in [3.8, 4) is 0 Å². The molecule has 1 fully saturated rings. The quantitative estimate of drug-likeness (QED) is 0.536. The van der Waals surface area contributed by atoms with Crippen LogP contribution in [0.4, 0.5) is 5.82 Å². The minimum Gasteiger partial charge on any atom is -0.378 e. The smallest absolute Gasteiger partial charge is 0.170 e. The lowest BCUT2D eigenvalue weighted by Crippen LogP contribution is -2.36. The molecule has 0 atom stereocenters. The Morgan fingerprint density at radius 3 is 2.60 bits per heavy atom. The number of rotatable bonds is 6. The molecule has 0 amide bonds. The van der Waals surface area contributed by atoms with Gasteiger partial charge in [-0.2, -0.15) is 0 Å². The zero-order chi connectivity index (χ0) is 20.9. The van der Waals surface area contributed by atoms with Crippen LogP contribution in [0.25, 0.3) is 0 Å². The number of benzene rings is 1. The highest BCUT2D eigenvalue weighted by atomic mass is 35.5. The Bertz CT molecular complexity index is 1030. The number of hydrogen-bond acceptors (Lipinski definition) is 6. The van der Waals surface area contributed by atoms with Crippen LogP contribution in [0, 0.1) is 0 Å². The molecule has 30 heavy (non-hydrogen) atoms. The number of halogens is 2. The van der Waals surface area contributed by atoms with Gasteiger partial charge in [-0.05, 0) is 29.8 Å². The highest BCUT2D eigenvalue weighted by Gasteiger charge is 2.16. The number of morpholine rings is 1. The molecule has 4 rings (SSSR count). The van der Waals surface area contributed by atoms with E-state index >= 15 is 0 Å². The number of carbonyl (C=O) groups is 1. The molecule has 0 unspecified atom stereocenters. The van der Waals surface area contributed by atoms with Crippen molar-refractivity contribution >= 4 is 34.8 Å². The van der Waals surface area contributed by atoms with Crippen LogP contribution in [0.5, 0.6) is 0 Å². The molecular weight excluding hydrogens is 423 g/mol. The fourth-order valence-electron chi connectivity index (χ4n) is 3.38. The topological polar surface area (TPSA) is 68.2 Å². The Labute approximate surface area is 184 Å². The Morgan fingerprint density at radius 2 is 1.83 bits per heavy atom. The Balaban J connectivity index is 1.48. The summed E-state index contributed by atoms with van der Waals surface area (Å²) in [5.41, 5.74) is 2.84. The van der Waals surface area contributed by atoms with Crippen molar-refractivity contribution in [1.29, 1.82) is 0 Å². The summed E-state index contributed by atoms with van der Waals surface area (Å²) in [6.07, 6.45) is 5.93. The monoisotopic (exact) mass is 442 g/mol. The van der Waals surface area contributed by atoms with Crippen molar-refractivity contribution in [2.45, 2.75) is 12.8 Å². The highest BCUT2D eigenvalue weighted by Crippen LogP contribution is 2.26. The van der Waals surface area contributed by atoms with Gasteiger partial charge in [0.25, 0.3) is 0 Å². The molecule has 6 nitrogen and oxygen atoms in total. The van der Waals surface area contributed by atoms with Crippen LogP contribution in [0.1, 0.15) is 27.3 Å². The lowest BCUT2D eigenvalue weighted by molar-refractivity contribution is 0.0993. The number of carbonyl (C=O) groups excluding carboxylic acids is 1.